The number of fused-ring (bicyclic) bond motifs is 1. The molecular weight excluding hydrogens is 220 g/mol. The normalized spacial score (nSPS) is 16.1. The molecule has 1 aromatic heterocycles. The number of ether oxygens (including phenoxy) is 1. The molecule has 0 fully saturated rings. The van der Waals surface area contributed by atoms with Crippen LogP contribution in [-0.2, 0) is 22.6 Å². The van der Waals surface area contributed by atoms with E-state index < -0.39 is 12.0 Å². The van der Waals surface area contributed by atoms with Crippen molar-refractivity contribution < 1.29 is 14.6 Å². The highest BCUT2D eigenvalue weighted by molar-refractivity contribution is 5.76. The minimum absolute atomic E-state index is 0.512. The predicted octanol–water partition coefficient (Wildman–Crippen LogP) is 1.06. The van der Waals surface area contributed by atoms with Crippen molar-refractivity contribution in [3.05, 3.63) is 23.4 Å². The molecule has 1 aliphatic rings. The molecule has 2 heterocycles. The molecule has 1 atom stereocenters. The van der Waals surface area contributed by atoms with Crippen molar-refractivity contribution in [3.8, 4) is 0 Å². The van der Waals surface area contributed by atoms with Crippen LogP contribution in [0.2, 0.25) is 0 Å². The summed E-state index contributed by atoms with van der Waals surface area (Å²) < 4.78 is 5.34. The van der Waals surface area contributed by atoms with Crippen LogP contribution in [0.3, 0.4) is 0 Å². The number of pyridine rings is 1. The first-order chi connectivity index (χ1) is 8.09. The molecule has 0 saturated carbocycles. The lowest BCUT2D eigenvalue weighted by molar-refractivity contribution is -0.138. The summed E-state index contributed by atoms with van der Waals surface area (Å²) >= 11 is 0. The molecule has 0 bridgehead atoms. The Morgan fingerprint density at radius 1 is 1.59 bits per heavy atom. The molecule has 0 aliphatic carbocycles. The smallest absolute Gasteiger partial charge is 0.326 e. The Morgan fingerprint density at radius 3 is 3.06 bits per heavy atom. The average Bonchev–Trinajstić information content (AvgIpc) is 2.36. The molecule has 0 aromatic carbocycles. The average molecular weight is 236 g/mol. The number of hydrogen-bond donors (Lipinski definition) is 1. The molecule has 1 N–H and O–H groups in total. The van der Waals surface area contributed by atoms with Crippen LogP contribution in [0.5, 0.6) is 0 Å². The molecule has 0 radical (unpaired) electrons. The maximum absolute atomic E-state index is 10.9. The second-order valence-electron chi connectivity index (χ2n) is 4.20. The largest absolute Gasteiger partial charge is 0.480 e. The Kier molecular flexibility index (Phi) is 3.28. The van der Waals surface area contributed by atoms with E-state index in [1.165, 1.54) is 5.56 Å². The van der Waals surface area contributed by atoms with Gasteiger partial charge in [-0.25, -0.2) is 9.78 Å². The Morgan fingerprint density at radius 2 is 2.35 bits per heavy atom. The third kappa shape index (κ3) is 2.39. The number of aliphatic carboxylic acids is 1. The van der Waals surface area contributed by atoms with Crippen molar-refractivity contribution in [1.82, 2.24) is 4.98 Å². The number of hydrogen-bond acceptors (Lipinski definition) is 4. The summed E-state index contributed by atoms with van der Waals surface area (Å²) in [4.78, 5) is 17.0. The fourth-order valence-electron chi connectivity index (χ4n) is 1.78. The third-order valence-corrected chi connectivity index (χ3v) is 3.11. The minimum Gasteiger partial charge on any atom is -0.480 e. The molecule has 5 heteroatoms. The summed E-state index contributed by atoms with van der Waals surface area (Å²) in [5, 5.41) is 8.96. The van der Waals surface area contributed by atoms with Crippen LogP contribution >= 0.6 is 0 Å². The van der Waals surface area contributed by atoms with Gasteiger partial charge in [-0.2, -0.15) is 0 Å². The molecule has 0 amide bonds. The zero-order chi connectivity index (χ0) is 12.4. The van der Waals surface area contributed by atoms with E-state index in [0.717, 1.165) is 18.7 Å². The molecule has 1 unspecified atom stereocenters. The number of carboxylic acid groups (broad SMARTS) is 1. The van der Waals surface area contributed by atoms with E-state index >= 15 is 0 Å². The summed E-state index contributed by atoms with van der Waals surface area (Å²) in [5.74, 6) is -0.188. The van der Waals surface area contributed by atoms with E-state index in [9.17, 15) is 4.79 Å². The van der Waals surface area contributed by atoms with E-state index in [1.54, 1.807) is 18.9 Å². The first kappa shape index (κ1) is 11.9. The molecule has 0 spiro atoms. The zero-order valence-electron chi connectivity index (χ0n) is 10.0. The SMILES string of the molecule is CC(C(=O)O)N(C)c1ccc2c(n1)COCC2. The van der Waals surface area contributed by atoms with Crippen molar-refractivity contribution in [3.63, 3.8) is 0 Å². The lowest BCUT2D eigenvalue weighted by Gasteiger charge is -2.24. The lowest BCUT2D eigenvalue weighted by Crippen LogP contribution is -2.36. The van der Waals surface area contributed by atoms with Gasteiger partial charge in [0.05, 0.1) is 18.9 Å². The first-order valence-electron chi connectivity index (χ1n) is 5.62. The van der Waals surface area contributed by atoms with Crippen LogP contribution in [0.4, 0.5) is 5.82 Å². The highest BCUT2D eigenvalue weighted by Gasteiger charge is 2.19. The number of likely N-dealkylation sites (N-methyl/N-ethyl adjacent to an activating group) is 1. The van der Waals surface area contributed by atoms with Gasteiger partial charge in [0.25, 0.3) is 0 Å². The van der Waals surface area contributed by atoms with E-state index in [0.29, 0.717) is 12.4 Å². The van der Waals surface area contributed by atoms with Crippen LogP contribution in [0.15, 0.2) is 12.1 Å². The molecular formula is C12H16N2O3. The first-order valence-corrected chi connectivity index (χ1v) is 5.62. The van der Waals surface area contributed by atoms with E-state index in [2.05, 4.69) is 4.98 Å². The molecule has 1 aliphatic heterocycles. The maximum Gasteiger partial charge on any atom is 0.326 e. The predicted molar refractivity (Wildman–Crippen MR) is 63.1 cm³/mol. The topological polar surface area (TPSA) is 62.7 Å². The Hall–Kier alpha value is -1.62. The van der Waals surface area contributed by atoms with Crippen molar-refractivity contribution >= 4 is 11.8 Å². The van der Waals surface area contributed by atoms with Gasteiger partial charge in [0.2, 0.25) is 0 Å². The van der Waals surface area contributed by atoms with Gasteiger partial charge >= 0.3 is 5.97 Å². The van der Waals surface area contributed by atoms with Gasteiger partial charge in [0, 0.05) is 7.05 Å². The highest BCUT2D eigenvalue weighted by Crippen LogP contribution is 2.20. The van der Waals surface area contributed by atoms with Crippen LogP contribution in [-0.4, -0.2) is 35.8 Å². The van der Waals surface area contributed by atoms with Gasteiger partial charge in [-0.15, -0.1) is 0 Å². The molecule has 2 rings (SSSR count). The summed E-state index contributed by atoms with van der Waals surface area (Å²) in [6.07, 6.45) is 0.876. The summed E-state index contributed by atoms with van der Waals surface area (Å²) in [7, 11) is 1.73. The van der Waals surface area contributed by atoms with Gasteiger partial charge in [-0.1, -0.05) is 6.07 Å². The second-order valence-corrected chi connectivity index (χ2v) is 4.20. The summed E-state index contributed by atoms with van der Waals surface area (Å²) in [5.41, 5.74) is 2.11. The van der Waals surface area contributed by atoms with Gasteiger partial charge < -0.3 is 14.7 Å². The zero-order valence-corrected chi connectivity index (χ0v) is 10.0. The monoisotopic (exact) mass is 236 g/mol. The quantitative estimate of drug-likeness (QED) is 0.850. The van der Waals surface area contributed by atoms with Crippen molar-refractivity contribution in [2.75, 3.05) is 18.6 Å². The summed E-state index contributed by atoms with van der Waals surface area (Å²) in [6, 6.07) is 3.28. The van der Waals surface area contributed by atoms with Crippen LogP contribution in [0.1, 0.15) is 18.2 Å². The van der Waals surface area contributed by atoms with E-state index in [4.69, 9.17) is 9.84 Å². The molecule has 17 heavy (non-hydrogen) atoms. The van der Waals surface area contributed by atoms with Crippen LogP contribution < -0.4 is 4.90 Å². The van der Waals surface area contributed by atoms with E-state index in [-0.39, 0.29) is 0 Å². The van der Waals surface area contributed by atoms with Crippen LogP contribution in [0, 0.1) is 0 Å². The maximum atomic E-state index is 10.9. The Labute approximate surface area is 100 Å². The lowest BCUT2D eigenvalue weighted by atomic mass is 10.1. The fraction of sp³-hybridized carbons (Fsp3) is 0.500. The fourth-order valence-corrected chi connectivity index (χ4v) is 1.78. The van der Waals surface area contributed by atoms with Crippen molar-refractivity contribution in [2.24, 2.45) is 0 Å². The Bertz CT molecular complexity index is 434. The minimum atomic E-state index is -0.858. The van der Waals surface area contributed by atoms with Gasteiger partial charge in [-0.05, 0) is 25.0 Å². The number of anilines is 1. The number of nitrogens with zero attached hydrogens (tertiary/aromatic N) is 2. The highest BCUT2D eigenvalue weighted by atomic mass is 16.5. The van der Waals surface area contributed by atoms with Gasteiger partial charge in [-0.3, -0.25) is 0 Å². The number of carbonyl (C=O) groups is 1. The third-order valence-electron chi connectivity index (χ3n) is 3.11. The molecule has 92 valence electrons. The number of rotatable bonds is 3. The van der Waals surface area contributed by atoms with Crippen LogP contribution in [0.25, 0.3) is 0 Å². The molecule has 1 aromatic rings. The number of carboxylic acids is 1. The molecule has 5 nitrogen and oxygen atoms in total. The van der Waals surface area contributed by atoms with Crippen molar-refractivity contribution in [1.29, 1.82) is 0 Å². The van der Waals surface area contributed by atoms with Gasteiger partial charge in [0.1, 0.15) is 11.9 Å². The molecule has 0 saturated heterocycles. The number of aromatic nitrogens is 1. The van der Waals surface area contributed by atoms with E-state index in [1.807, 2.05) is 12.1 Å². The van der Waals surface area contributed by atoms with Crippen molar-refractivity contribution in [2.45, 2.75) is 26.0 Å². The standard InChI is InChI=1S/C12H16N2O3/c1-8(12(15)16)14(2)11-4-3-9-5-6-17-7-10(9)13-11/h3-4,8H,5-7H2,1-2H3,(H,15,16). The second kappa shape index (κ2) is 4.71. The Balaban J connectivity index is 2.24. The van der Waals surface area contributed by atoms with Gasteiger partial charge in [0.15, 0.2) is 0 Å². The summed E-state index contributed by atoms with van der Waals surface area (Å²) in [6.45, 7) is 2.88.